The standard InChI is InChI=1S/C11H21NO/c1-5-11(2,3)12(4)10(13)9-7-6-8-9/h9H,5-8H2,1-4H3. The Kier molecular flexibility index (Phi) is 2.99. The van der Waals surface area contributed by atoms with Crippen LogP contribution in [0.3, 0.4) is 0 Å². The molecule has 0 bridgehead atoms. The lowest BCUT2D eigenvalue weighted by molar-refractivity contribution is -0.141. The van der Waals surface area contributed by atoms with Crippen molar-refractivity contribution in [2.45, 2.75) is 52.0 Å². The molecule has 2 heteroatoms. The molecule has 1 amide bonds. The Hall–Kier alpha value is -0.530. The lowest BCUT2D eigenvalue weighted by Crippen LogP contribution is -2.48. The molecule has 0 heterocycles. The predicted molar refractivity (Wildman–Crippen MR) is 54.5 cm³/mol. The molecule has 0 aliphatic heterocycles. The van der Waals surface area contributed by atoms with Crippen molar-refractivity contribution < 1.29 is 4.79 Å². The van der Waals surface area contributed by atoms with Crippen molar-refractivity contribution >= 4 is 5.91 Å². The minimum absolute atomic E-state index is 0.0205. The molecule has 0 aromatic heterocycles. The van der Waals surface area contributed by atoms with Crippen LogP contribution in [0.25, 0.3) is 0 Å². The second-order valence-electron chi connectivity index (χ2n) is 4.69. The Morgan fingerprint density at radius 3 is 2.31 bits per heavy atom. The van der Waals surface area contributed by atoms with Crippen LogP contribution < -0.4 is 0 Å². The predicted octanol–water partition coefficient (Wildman–Crippen LogP) is 2.43. The van der Waals surface area contributed by atoms with E-state index in [4.69, 9.17) is 0 Å². The van der Waals surface area contributed by atoms with Gasteiger partial charge in [0.1, 0.15) is 0 Å². The molecule has 1 aliphatic rings. The minimum Gasteiger partial charge on any atom is -0.340 e. The zero-order valence-electron chi connectivity index (χ0n) is 9.26. The molecule has 13 heavy (non-hydrogen) atoms. The maximum absolute atomic E-state index is 11.9. The molecule has 0 aromatic carbocycles. The van der Waals surface area contributed by atoms with Gasteiger partial charge in [0.25, 0.3) is 0 Å². The number of amides is 1. The fourth-order valence-electron chi connectivity index (χ4n) is 1.46. The minimum atomic E-state index is 0.0205. The summed E-state index contributed by atoms with van der Waals surface area (Å²) in [6.07, 6.45) is 4.45. The van der Waals surface area contributed by atoms with Gasteiger partial charge in [0, 0.05) is 18.5 Å². The van der Waals surface area contributed by atoms with Crippen LogP contribution in [-0.4, -0.2) is 23.4 Å². The van der Waals surface area contributed by atoms with Crippen LogP contribution in [0.2, 0.25) is 0 Å². The molecule has 0 spiro atoms. The highest BCUT2D eigenvalue weighted by Crippen LogP contribution is 2.30. The summed E-state index contributed by atoms with van der Waals surface area (Å²) in [4.78, 5) is 13.8. The van der Waals surface area contributed by atoms with E-state index >= 15 is 0 Å². The number of hydrogen-bond donors (Lipinski definition) is 0. The summed E-state index contributed by atoms with van der Waals surface area (Å²) in [5, 5.41) is 0. The van der Waals surface area contributed by atoms with Gasteiger partial charge in [-0.1, -0.05) is 13.3 Å². The van der Waals surface area contributed by atoms with E-state index in [0.717, 1.165) is 19.3 Å². The SMILES string of the molecule is CCC(C)(C)N(C)C(=O)C1CCC1. The normalized spacial score (nSPS) is 18.2. The number of carbonyl (C=O) groups is 1. The molecule has 76 valence electrons. The van der Waals surface area contributed by atoms with Gasteiger partial charge in [-0.2, -0.15) is 0 Å². The lowest BCUT2D eigenvalue weighted by Gasteiger charge is -2.39. The van der Waals surface area contributed by atoms with Crippen LogP contribution in [0.1, 0.15) is 46.5 Å². The monoisotopic (exact) mass is 183 g/mol. The summed E-state index contributed by atoms with van der Waals surface area (Å²) in [6, 6.07) is 0. The first-order chi connectivity index (χ1) is 5.99. The van der Waals surface area contributed by atoms with E-state index in [0.29, 0.717) is 11.8 Å². The molecule has 0 saturated heterocycles. The third kappa shape index (κ3) is 2.04. The Morgan fingerprint density at radius 2 is 2.00 bits per heavy atom. The quantitative estimate of drug-likeness (QED) is 0.658. The molecular formula is C11H21NO. The maximum Gasteiger partial charge on any atom is 0.225 e. The van der Waals surface area contributed by atoms with Crippen molar-refractivity contribution in [2.75, 3.05) is 7.05 Å². The van der Waals surface area contributed by atoms with E-state index in [9.17, 15) is 4.79 Å². The number of rotatable bonds is 3. The van der Waals surface area contributed by atoms with E-state index in [1.165, 1.54) is 6.42 Å². The van der Waals surface area contributed by atoms with Crippen LogP contribution in [-0.2, 0) is 4.79 Å². The van der Waals surface area contributed by atoms with Crippen LogP contribution >= 0.6 is 0 Å². The lowest BCUT2D eigenvalue weighted by atomic mass is 9.83. The van der Waals surface area contributed by atoms with Crippen molar-refractivity contribution in [1.82, 2.24) is 4.90 Å². The van der Waals surface area contributed by atoms with Gasteiger partial charge in [0.05, 0.1) is 0 Å². The molecule has 2 nitrogen and oxygen atoms in total. The Balaban J connectivity index is 2.55. The van der Waals surface area contributed by atoms with Crippen molar-refractivity contribution in [3.8, 4) is 0 Å². The first-order valence-electron chi connectivity index (χ1n) is 5.26. The zero-order chi connectivity index (χ0) is 10.1. The molecule has 0 radical (unpaired) electrons. The highest BCUT2D eigenvalue weighted by atomic mass is 16.2. The van der Waals surface area contributed by atoms with Crippen molar-refractivity contribution in [3.05, 3.63) is 0 Å². The fraction of sp³-hybridized carbons (Fsp3) is 0.909. The Morgan fingerprint density at radius 1 is 1.46 bits per heavy atom. The van der Waals surface area contributed by atoms with Gasteiger partial charge in [-0.05, 0) is 33.1 Å². The van der Waals surface area contributed by atoms with Crippen molar-refractivity contribution in [2.24, 2.45) is 5.92 Å². The molecule has 1 saturated carbocycles. The molecule has 1 rings (SSSR count). The van der Waals surface area contributed by atoms with Crippen LogP contribution in [0.5, 0.6) is 0 Å². The van der Waals surface area contributed by atoms with Crippen LogP contribution in [0.15, 0.2) is 0 Å². The second-order valence-corrected chi connectivity index (χ2v) is 4.69. The first-order valence-corrected chi connectivity index (χ1v) is 5.26. The van der Waals surface area contributed by atoms with Crippen LogP contribution in [0, 0.1) is 5.92 Å². The summed E-state index contributed by atoms with van der Waals surface area (Å²) in [5.41, 5.74) is 0.0205. The highest BCUT2D eigenvalue weighted by molar-refractivity contribution is 5.80. The van der Waals surface area contributed by atoms with E-state index in [1.54, 1.807) is 0 Å². The summed E-state index contributed by atoms with van der Waals surface area (Å²) in [7, 11) is 1.93. The third-order valence-corrected chi connectivity index (χ3v) is 3.56. The first kappa shape index (κ1) is 10.6. The second kappa shape index (κ2) is 3.69. The summed E-state index contributed by atoms with van der Waals surface area (Å²) < 4.78 is 0. The van der Waals surface area contributed by atoms with E-state index in [1.807, 2.05) is 11.9 Å². The smallest absolute Gasteiger partial charge is 0.225 e. The summed E-state index contributed by atoms with van der Waals surface area (Å²) >= 11 is 0. The molecule has 1 aliphatic carbocycles. The number of carbonyl (C=O) groups excluding carboxylic acids is 1. The van der Waals surface area contributed by atoms with Crippen molar-refractivity contribution in [3.63, 3.8) is 0 Å². The average molecular weight is 183 g/mol. The van der Waals surface area contributed by atoms with Gasteiger partial charge in [0.2, 0.25) is 5.91 Å². The van der Waals surface area contributed by atoms with Crippen molar-refractivity contribution in [1.29, 1.82) is 0 Å². The largest absolute Gasteiger partial charge is 0.340 e. The van der Waals surface area contributed by atoms with E-state index in [2.05, 4.69) is 20.8 Å². The fourth-order valence-corrected chi connectivity index (χ4v) is 1.46. The summed E-state index contributed by atoms with van der Waals surface area (Å²) in [6.45, 7) is 6.39. The number of nitrogens with zero attached hydrogens (tertiary/aromatic N) is 1. The Labute approximate surface area is 81.3 Å². The molecule has 0 unspecified atom stereocenters. The molecule has 0 N–H and O–H groups in total. The third-order valence-electron chi connectivity index (χ3n) is 3.56. The van der Waals surface area contributed by atoms with E-state index < -0.39 is 0 Å². The van der Waals surface area contributed by atoms with Gasteiger partial charge < -0.3 is 4.90 Å². The number of hydrogen-bond acceptors (Lipinski definition) is 1. The summed E-state index contributed by atoms with van der Waals surface area (Å²) in [5.74, 6) is 0.675. The maximum atomic E-state index is 11.9. The molecule has 1 fully saturated rings. The highest BCUT2D eigenvalue weighted by Gasteiger charge is 2.33. The van der Waals surface area contributed by atoms with Crippen LogP contribution in [0.4, 0.5) is 0 Å². The van der Waals surface area contributed by atoms with Gasteiger partial charge in [0.15, 0.2) is 0 Å². The van der Waals surface area contributed by atoms with Gasteiger partial charge in [-0.15, -0.1) is 0 Å². The van der Waals surface area contributed by atoms with E-state index in [-0.39, 0.29) is 5.54 Å². The van der Waals surface area contributed by atoms with Gasteiger partial charge in [-0.25, -0.2) is 0 Å². The molecule has 0 aromatic rings. The zero-order valence-corrected chi connectivity index (χ0v) is 9.26. The molecule has 0 atom stereocenters. The average Bonchev–Trinajstić information content (AvgIpc) is 1.99. The Bertz CT molecular complexity index is 194. The van der Waals surface area contributed by atoms with Gasteiger partial charge >= 0.3 is 0 Å². The molecular weight excluding hydrogens is 162 g/mol. The van der Waals surface area contributed by atoms with Gasteiger partial charge in [-0.3, -0.25) is 4.79 Å². The topological polar surface area (TPSA) is 20.3 Å².